The first kappa shape index (κ1) is 33.8. The molecule has 15 atom stereocenters. The molecule has 6 fully saturated rings. The Labute approximate surface area is 265 Å². The van der Waals surface area contributed by atoms with Crippen molar-refractivity contribution in [2.24, 2.45) is 46.7 Å². The fraction of sp³-hybridized carbons (Fsp3) is 0.939. The van der Waals surface area contributed by atoms with Gasteiger partial charge in [0.1, 0.15) is 42.1 Å². The molecule has 12 nitrogen and oxygen atoms in total. The van der Waals surface area contributed by atoms with Gasteiger partial charge in [-0.1, -0.05) is 19.3 Å². The zero-order chi connectivity index (χ0) is 32.0. The molecule has 0 aromatic rings. The number of ketones is 2. The first-order chi connectivity index (χ1) is 21.6. The number of aliphatic hydroxyl groups excluding tert-OH is 5. The lowest BCUT2D eigenvalue weighted by Gasteiger charge is -2.52. The number of nitrogens with two attached hydrogens (primary N) is 2. The molecule has 0 spiro atoms. The molecule has 0 amide bonds. The second kappa shape index (κ2) is 13.8. The Morgan fingerprint density at radius 2 is 1.64 bits per heavy atom. The number of Topliss-reactive ketones (excluding diaryl/α,β-unsaturated/α-hetero) is 2. The first-order valence-corrected chi connectivity index (χ1v) is 17.4. The number of carbonyl (C=O) groups is 2. The van der Waals surface area contributed by atoms with Crippen LogP contribution < -0.4 is 11.1 Å². The molecule has 0 radical (unpaired) electrons. The lowest BCUT2D eigenvalue weighted by Crippen LogP contribution is -2.95. The van der Waals surface area contributed by atoms with E-state index in [1.165, 1.54) is 32.1 Å². The van der Waals surface area contributed by atoms with Crippen LogP contribution in [0.5, 0.6) is 0 Å². The summed E-state index contributed by atoms with van der Waals surface area (Å²) in [5.41, 5.74) is 6.40. The van der Waals surface area contributed by atoms with Crippen molar-refractivity contribution in [2.45, 2.75) is 132 Å². The number of piperidine rings is 1. The van der Waals surface area contributed by atoms with Crippen LogP contribution in [0.2, 0.25) is 0 Å². The van der Waals surface area contributed by atoms with Gasteiger partial charge in [-0.2, -0.15) is 0 Å². The van der Waals surface area contributed by atoms with Crippen LogP contribution >= 0.6 is 0 Å². The molecule has 4 saturated carbocycles. The number of aliphatic hydroxyl groups is 5. The van der Waals surface area contributed by atoms with Gasteiger partial charge >= 0.3 is 0 Å². The van der Waals surface area contributed by atoms with E-state index >= 15 is 0 Å². The molecule has 12 heteroatoms. The van der Waals surface area contributed by atoms with E-state index in [1.54, 1.807) is 7.11 Å². The van der Waals surface area contributed by atoms with Crippen molar-refractivity contribution in [1.82, 2.24) is 0 Å². The predicted molar refractivity (Wildman–Crippen MR) is 159 cm³/mol. The van der Waals surface area contributed by atoms with E-state index in [0.717, 1.165) is 25.8 Å². The van der Waals surface area contributed by atoms with Crippen molar-refractivity contribution in [1.29, 1.82) is 0 Å². The van der Waals surface area contributed by atoms with E-state index in [0.29, 0.717) is 25.2 Å². The number of fused-ring (bicyclic) bond motifs is 2. The Kier molecular flexibility index (Phi) is 10.4. The summed E-state index contributed by atoms with van der Waals surface area (Å²) in [6, 6.07) is 0. The van der Waals surface area contributed by atoms with Crippen molar-refractivity contribution in [3.8, 4) is 0 Å². The van der Waals surface area contributed by atoms with Gasteiger partial charge in [0.2, 0.25) is 0 Å². The third-order valence-electron chi connectivity index (χ3n) is 12.7. The average molecular weight is 640 g/mol. The number of quaternary nitrogens is 1. The van der Waals surface area contributed by atoms with Crippen LogP contribution in [0.25, 0.3) is 0 Å². The minimum atomic E-state index is -1.63. The Morgan fingerprint density at radius 1 is 0.911 bits per heavy atom. The SMILES string of the molecule is COC1CC(O[C@H]2O[C@H](CO)[C@@H](O)[C@H](O)[C@H]2O)C2C(=O)C3C(O)CC(CC4(C5CCC(N)[NH2+]C5)CCCCC4)CC3C(=O)C2C1. The van der Waals surface area contributed by atoms with Crippen LogP contribution in [0.4, 0.5) is 0 Å². The van der Waals surface area contributed by atoms with Gasteiger partial charge in [-0.3, -0.25) is 15.3 Å². The lowest BCUT2D eigenvalue weighted by atomic mass is 9.53. The van der Waals surface area contributed by atoms with Crippen LogP contribution in [0.15, 0.2) is 0 Å². The van der Waals surface area contributed by atoms with Crippen LogP contribution in [0, 0.1) is 40.9 Å². The van der Waals surface area contributed by atoms with E-state index in [4.69, 9.17) is 19.9 Å². The van der Waals surface area contributed by atoms with Gasteiger partial charge in [-0.15, -0.1) is 0 Å². The van der Waals surface area contributed by atoms with Crippen molar-refractivity contribution in [3.63, 3.8) is 0 Å². The molecule has 6 aliphatic rings. The average Bonchev–Trinajstić information content (AvgIpc) is 3.04. The largest absolute Gasteiger partial charge is 0.394 e. The van der Waals surface area contributed by atoms with E-state index in [1.807, 2.05) is 0 Å². The van der Waals surface area contributed by atoms with Gasteiger partial charge in [0.05, 0.1) is 43.3 Å². The Hall–Kier alpha value is -1.06. The topological polar surface area (TPSA) is 206 Å². The molecule has 2 saturated heterocycles. The minimum absolute atomic E-state index is 0.0211. The van der Waals surface area contributed by atoms with Crippen molar-refractivity contribution >= 4 is 11.6 Å². The Bertz CT molecular complexity index is 1050. The summed E-state index contributed by atoms with van der Waals surface area (Å²) in [5.74, 6) is -2.35. The highest BCUT2D eigenvalue weighted by Gasteiger charge is 2.60. The van der Waals surface area contributed by atoms with Crippen molar-refractivity contribution in [3.05, 3.63) is 0 Å². The molecule has 256 valence electrons. The maximum Gasteiger partial charge on any atom is 0.186 e. The van der Waals surface area contributed by atoms with Crippen molar-refractivity contribution in [2.75, 3.05) is 20.3 Å². The molecule has 2 heterocycles. The van der Waals surface area contributed by atoms with Crippen molar-refractivity contribution < 1.29 is 54.6 Å². The van der Waals surface area contributed by atoms with Gasteiger partial charge < -0.3 is 45.1 Å². The zero-order valence-electron chi connectivity index (χ0n) is 26.5. The lowest BCUT2D eigenvalue weighted by molar-refractivity contribution is -0.705. The van der Waals surface area contributed by atoms with Crippen LogP contribution in [-0.2, 0) is 23.8 Å². The zero-order valence-corrected chi connectivity index (χ0v) is 26.5. The van der Waals surface area contributed by atoms with Gasteiger partial charge in [0, 0.05) is 37.7 Å². The highest BCUT2D eigenvalue weighted by Crippen LogP contribution is 2.54. The first-order valence-electron chi connectivity index (χ1n) is 17.4. The summed E-state index contributed by atoms with van der Waals surface area (Å²) >= 11 is 0. The molecular formula is C33H55N2O10+. The fourth-order valence-corrected chi connectivity index (χ4v) is 10.4. The molecule has 45 heavy (non-hydrogen) atoms. The number of hydrogen-bond acceptors (Lipinski definition) is 11. The summed E-state index contributed by atoms with van der Waals surface area (Å²) < 4.78 is 17.4. The summed E-state index contributed by atoms with van der Waals surface area (Å²) in [4.78, 5) is 28.6. The third-order valence-corrected chi connectivity index (χ3v) is 12.7. The quantitative estimate of drug-likeness (QED) is 0.179. The molecule has 4 aliphatic carbocycles. The maximum atomic E-state index is 14.3. The van der Waals surface area contributed by atoms with Crippen LogP contribution in [-0.4, -0.2) is 113 Å². The summed E-state index contributed by atoms with van der Waals surface area (Å²) in [6.07, 6.45) is 1.43. The predicted octanol–water partition coefficient (Wildman–Crippen LogP) is -1.03. The highest BCUT2D eigenvalue weighted by molar-refractivity contribution is 6.00. The van der Waals surface area contributed by atoms with E-state index in [2.05, 4.69) is 5.32 Å². The summed E-state index contributed by atoms with van der Waals surface area (Å²) in [5, 5.41) is 54.6. The van der Waals surface area contributed by atoms with Gasteiger partial charge in [0.15, 0.2) is 6.29 Å². The Balaban J connectivity index is 1.20. The maximum absolute atomic E-state index is 14.3. The highest BCUT2D eigenvalue weighted by atomic mass is 16.7. The number of hydrogen-bond donors (Lipinski definition) is 7. The normalized spacial score (nSPS) is 48.8. The minimum Gasteiger partial charge on any atom is -0.394 e. The third kappa shape index (κ3) is 6.41. The number of ether oxygens (including phenoxy) is 3. The molecule has 9 N–H and O–H groups in total. The monoisotopic (exact) mass is 639 g/mol. The molecule has 0 aromatic heterocycles. The van der Waals surface area contributed by atoms with Gasteiger partial charge in [-0.05, 0) is 56.3 Å². The molecular weight excluding hydrogens is 584 g/mol. The fourth-order valence-electron chi connectivity index (χ4n) is 10.4. The van der Waals surface area contributed by atoms with Gasteiger partial charge in [-0.25, -0.2) is 0 Å². The number of methoxy groups -OCH3 is 1. The standard InChI is InChI=1S/C33H54N2O10/c1-43-18-11-20-26(22(12-18)44-32-31(42)30(41)28(39)23(15-36)45-32)29(40)25-19(27(20)38)9-16(10-21(25)37)13-33(7-3-2-4-8-33)17-5-6-24(34)35-14-17/h16-26,28,30-32,35-37,39,41-42H,2-15,34H2,1H3/p+1/t16?,17?,18?,19?,20?,21?,22?,23-,24?,25?,26?,28-,30+,31-,32+/m1/s1. The summed E-state index contributed by atoms with van der Waals surface area (Å²) in [6.45, 7) is 0.419. The number of rotatable bonds is 7. The molecule has 0 aromatic carbocycles. The van der Waals surface area contributed by atoms with E-state index < -0.39 is 73.2 Å². The smallest absolute Gasteiger partial charge is 0.186 e. The van der Waals surface area contributed by atoms with E-state index in [9.17, 15) is 35.1 Å². The Morgan fingerprint density at radius 3 is 2.31 bits per heavy atom. The molecule has 6 rings (SSSR count). The molecule has 10 unspecified atom stereocenters. The van der Waals surface area contributed by atoms with Gasteiger partial charge in [0.25, 0.3) is 0 Å². The van der Waals surface area contributed by atoms with E-state index in [-0.39, 0.29) is 41.6 Å². The van der Waals surface area contributed by atoms with Crippen LogP contribution in [0.1, 0.15) is 77.0 Å². The second-order valence-corrected chi connectivity index (χ2v) is 15.2. The molecule has 2 aliphatic heterocycles. The van der Waals surface area contributed by atoms with Crippen LogP contribution in [0.3, 0.4) is 0 Å². The molecule has 0 bridgehead atoms. The summed E-state index contributed by atoms with van der Waals surface area (Å²) in [7, 11) is 1.55. The number of carbonyl (C=O) groups excluding carboxylic acids is 2. The second-order valence-electron chi connectivity index (χ2n) is 15.2.